The van der Waals surface area contributed by atoms with E-state index in [1.165, 1.54) is 30.6 Å². The van der Waals surface area contributed by atoms with Gasteiger partial charge in [0.2, 0.25) is 0 Å². The SMILES string of the molecule is COC(=O)c1ccc2nc(NC(=O)c3cc([N+](=O)[O-])ccc3N3CCOCC3)sc2c1. The number of fused-ring (bicyclic) bond motifs is 1. The molecule has 0 radical (unpaired) electrons. The van der Waals surface area contributed by atoms with E-state index < -0.39 is 16.8 Å². The summed E-state index contributed by atoms with van der Waals surface area (Å²) < 4.78 is 10.8. The zero-order valence-corrected chi connectivity index (χ0v) is 17.3. The summed E-state index contributed by atoms with van der Waals surface area (Å²) in [7, 11) is 1.30. The molecule has 1 amide bonds. The van der Waals surface area contributed by atoms with E-state index in [0.717, 1.165) is 0 Å². The molecule has 1 aliphatic heterocycles. The van der Waals surface area contributed by atoms with Crippen LogP contribution >= 0.6 is 11.3 Å². The summed E-state index contributed by atoms with van der Waals surface area (Å²) >= 11 is 1.20. The van der Waals surface area contributed by atoms with Crippen molar-refractivity contribution >= 4 is 49.9 Å². The van der Waals surface area contributed by atoms with Crippen LogP contribution in [0.3, 0.4) is 0 Å². The van der Waals surface area contributed by atoms with Gasteiger partial charge in [-0.2, -0.15) is 0 Å². The molecular weight excluding hydrogens is 424 g/mol. The number of aromatic nitrogens is 1. The molecule has 2 heterocycles. The number of anilines is 2. The largest absolute Gasteiger partial charge is 0.465 e. The third-order valence-electron chi connectivity index (χ3n) is 4.82. The van der Waals surface area contributed by atoms with Crippen LogP contribution in [0, 0.1) is 10.1 Å². The molecule has 4 rings (SSSR count). The minimum atomic E-state index is -0.536. The Morgan fingerprint density at radius 2 is 2.00 bits per heavy atom. The summed E-state index contributed by atoms with van der Waals surface area (Å²) in [6.45, 7) is 2.18. The average Bonchev–Trinajstić information content (AvgIpc) is 3.20. The number of morpholine rings is 1. The van der Waals surface area contributed by atoms with Crippen LogP contribution < -0.4 is 10.2 Å². The number of nitro groups is 1. The molecule has 1 saturated heterocycles. The lowest BCUT2D eigenvalue weighted by atomic mass is 10.1. The van der Waals surface area contributed by atoms with Gasteiger partial charge in [-0.3, -0.25) is 20.2 Å². The van der Waals surface area contributed by atoms with Crippen molar-refractivity contribution in [3.63, 3.8) is 0 Å². The fraction of sp³-hybridized carbons (Fsp3) is 0.250. The van der Waals surface area contributed by atoms with Gasteiger partial charge in [0.25, 0.3) is 11.6 Å². The van der Waals surface area contributed by atoms with E-state index in [9.17, 15) is 19.7 Å². The molecule has 0 atom stereocenters. The molecule has 1 N–H and O–H groups in total. The Bertz CT molecular complexity index is 1170. The monoisotopic (exact) mass is 442 g/mol. The summed E-state index contributed by atoms with van der Waals surface area (Å²) in [6.07, 6.45) is 0. The van der Waals surface area contributed by atoms with Gasteiger partial charge < -0.3 is 14.4 Å². The van der Waals surface area contributed by atoms with Gasteiger partial charge >= 0.3 is 5.97 Å². The first-order chi connectivity index (χ1) is 15.0. The third-order valence-corrected chi connectivity index (χ3v) is 5.75. The number of benzene rings is 2. The Hall–Kier alpha value is -3.57. The minimum absolute atomic E-state index is 0.172. The molecule has 11 heteroatoms. The van der Waals surface area contributed by atoms with E-state index in [1.807, 2.05) is 4.90 Å². The number of hydrogen-bond donors (Lipinski definition) is 1. The van der Waals surface area contributed by atoms with Gasteiger partial charge in [0.05, 0.1) is 52.3 Å². The van der Waals surface area contributed by atoms with Crippen LogP contribution in [0.25, 0.3) is 10.2 Å². The van der Waals surface area contributed by atoms with E-state index in [4.69, 9.17) is 9.47 Å². The van der Waals surface area contributed by atoms with Crippen LogP contribution in [0.1, 0.15) is 20.7 Å². The van der Waals surface area contributed by atoms with E-state index in [1.54, 1.807) is 24.3 Å². The number of non-ortho nitro benzene ring substituents is 1. The van der Waals surface area contributed by atoms with E-state index >= 15 is 0 Å². The normalized spacial score (nSPS) is 13.8. The van der Waals surface area contributed by atoms with Crippen molar-refractivity contribution in [1.82, 2.24) is 4.98 Å². The molecule has 2 aromatic carbocycles. The molecule has 0 bridgehead atoms. The van der Waals surface area contributed by atoms with Gasteiger partial charge in [0.15, 0.2) is 5.13 Å². The van der Waals surface area contributed by atoms with E-state index in [2.05, 4.69) is 10.3 Å². The smallest absolute Gasteiger partial charge is 0.337 e. The fourth-order valence-electron chi connectivity index (χ4n) is 3.29. The molecule has 1 aromatic heterocycles. The number of carbonyl (C=O) groups excluding carboxylic acids is 2. The Labute approximate surface area is 180 Å². The Kier molecular flexibility index (Phi) is 5.78. The van der Waals surface area contributed by atoms with Crippen molar-refractivity contribution in [1.29, 1.82) is 0 Å². The Morgan fingerprint density at radius 1 is 1.23 bits per heavy atom. The maximum absolute atomic E-state index is 13.1. The number of rotatable bonds is 5. The van der Waals surface area contributed by atoms with Crippen molar-refractivity contribution in [2.24, 2.45) is 0 Å². The van der Waals surface area contributed by atoms with Gasteiger partial charge in [-0.25, -0.2) is 9.78 Å². The predicted octanol–water partition coefficient (Wildman–Crippen LogP) is 3.08. The molecule has 0 aliphatic carbocycles. The lowest BCUT2D eigenvalue weighted by molar-refractivity contribution is -0.384. The summed E-state index contributed by atoms with van der Waals surface area (Å²) in [4.78, 5) is 41.8. The number of hydrogen-bond acceptors (Lipinski definition) is 9. The highest BCUT2D eigenvalue weighted by atomic mass is 32.1. The molecule has 0 spiro atoms. The highest BCUT2D eigenvalue weighted by molar-refractivity contribution is 7.22. The fourth-order valence-corrected chi connectivity index (χ4v) is 4.19. The molecule has 160 valence electrons. The van der Waals surface area contributed by atoms with Crippen molar-refractivity contribution in [3.05, 3.63) is 57.6 Å². The van der Waals surface area contributed by atoms with Crippen molar-refractivity contribution in [2.75, 3.05) is 43.6 Å². The summed E-state index contributed by atoms with van der Waals surface area (Å²) in [5.41, 5.74) is 1.60. The van der Waals surface area contributed by atoms with Gasteiger partial charge in [0.1, 0.15) is 0 Å². The third kappa shape index (κ3) is 4.32. The lowest BCUT2D eigenvalue weighted by Crippen LogP contribution is -2.37. The summed E-state index contributed by atoms with van der Waals surface area (Å²) in [5, 5.41) is 14.3. The van der Waals surface area contributed by atoms with Gasteiger partial charge in [-0.15, -0.1) is 0 Å². The number of ether oxygens (including phenoxy) is 2. The number of nitrogens with one attached hydrogen (secondary N) is 1. The Morgan fingerprint density at radius 3 is 2.71 bits per heavy atom. The summed E-state index contributed by atoms with van der Waals surface area (Å²) in [5.74, 6) is -0.968. The van der Waals surface area contributed by atoms with Crippen LogP contribution in [0.15, 0.2) is 36.4 Å². The molecule has 10 nitrogen and oxygen atoms in total. The minimum Gasteiger partial charge on any atom is -0.465 e. The Balaban J connectivity index is 1.64. The van der Waals surface area contributed by atoms with Crippen molar-refractivity contribution < 1.29 is 24.0 Å². The average molecular weight is 442 g/mol. The van der Waals surface area contributed by atoms with E-state index in [0.29, 0.717) is 52.9 Å². The van der Waals surface area contributed by atoms with Gasteiger partial charge in [0, 0.05) is 25.2 Å². The molecule has 0 saturated carbocycles. The second-order valence-electron chi connectivity index (χ2n) is 6.71. The summed E-state index contributed by atoms with van der Waals surface area (Å²) in [6, 6.07) is 9.13. The molecule has 1 aliphatic rings. The maximum atomic E-state index is 13.1. The van der Waals surface area contributed by atoms with Crippen LogP contribution in [0.2, 0.25) is 0 Å². The first-order valence-electron chi connectivity index (χ1n) is 9.37. The van der Waals surface area contributed by atoms with Gasteiger partial charge in [-0.1, -0.05) is 11.3 Å². The number of esters is 1. The molecule has 31 heavy (non-hydrogen) atoms. The first-order valence-corrected chi connectivity index (χ1v) is 10.2. The number of carbonyl (C=O) groups is 2. The van der Waals surface area contributed by atoms with Crippen LogP contribution in [0.5, 0.6) is 0 Å². The number of nitro benzene ring substituents is 1. The quantitative estimate of drug-likeness (QED) is 0.363. The molecule has 3 aromatic rings. The lowest BCUT2D eigenvalue weighted by Gasteiger charge is -2.30. The highest BCUT2D eigenvalue weighted by Crippen LogP contribution is 2.30. The highest BCUT2D eigenvalue weighted by Gasteiger charge is 2.23. The molecule has 1 fully saturated rings. The number of amides is 1. The predicted molar refractivity (Wildman–Crippen MR) is 115 cm³/mol. The first kappa shape index (κ1) is 20.7. The maximum Gasteiger partial charge on any atom is 0.337 e. The number of nitrogens with zero attached hydrogens (tertiary/aromatic N) is 3. The second kappa shape index (κ2) is 8.66. The van der Waals surface area contributed by atoms with Crippen LogP contribution in [0.4, 0.5) is 16.5 Å². The van der Waals surface area contributed by atoms with Crippen molar-refractivity contribution in [3.8, 4) is 0 Å². The molecule has 0 unspecified atom stereocenters. The van der Waals surface area contributed by atoms with Crippen molar-refractivity contribution in [2.45, 2.75) is 0 Å². The number of methoxy groups -OCH3 is 1. The van der Waals surface area contributed by atoms with Gasteiger partial charge in [-0.05, 0) is 24.3 Å². The second-order valence-corrected chi connectivity index (χ2v) is 7.74. The zero-order chi connectivity index (χ0) is 22.0. The van der Waals surface area contributed by atoms with E-state index in [-0.39, 0.29) is 11.3 Å². The topological polar surface area (TPSA) is 124 Å². The molecular formula is C20H18N4O6S. The standard InChI is InChI=1S/C20H18N4O6S/c1-29-19(26)12-2-4-15-17(10-12)31-20(21-15)22-18(25)14-11-13(24(27)28)3-5-16(14)23-6-8-30-9-7-23/h2-5,10-11H,6-9H2,1H3,(H,21,22,25). The van der Waals surface area contributed by atoms with Crippen LogP contribution in [-0.2, 0) is 9.47 Å². The van der Waals surface area contributed by atoms with Crippen LogP contribution in [-0.4, -0.2) is 55.2 Å². The zero-order valence-electron chi connectivity index (χ0n) is 16.5. The number of thiazole rings is 1.